The molecule has 0 spiro atoms. The molecule has 1 saturated heterocycles. The minimum absolute atomic E-state index is 0.0238. The van der Waals surface area contributed by atoms with Crippen LogP contribution in [0.5, 0.6) is 0 Å². The lowest BCUT2D eigenvalue weighted by atomic mass is 10.1. The zero-order valence-corrected chi connectivity index (χ0v) is 14.7. The van der Waals surface area contributed by atoms with Gasteiger partial charge in [0.05, 0.1) is 18.4 Å². The normalized spacial score (nSPS) is 19.4. The number of hydrogen-bond acceptors (Lipinski definition) is 6. The standard InChI is InChI=1S/C18H25N5O2/c1-14-2-5-17(24)23(20-14)11-10-21-6-8-22(9-7-21)13-16-12-19-25-18(16)15-3-4-15/h2,5,12,15H,3-4,6-11,13H2,1H3. The molecule has 0 atom stereocenters. The zero-order chi connectivity index (χ0) is 17.2. The minimum atomic E-state index is -0.0238. The van der Waals surface area contributed by atoms with Crippen LogP contribution < -0.4 is 5.56 Å². The smallest absolute Gasteiger partial charge is 0.266 e. The zero-order valence-electron chi connectivity index (χ0n) is 14.7. The van der Waals surface area contributed by atoms with E-state index in [9.17, 15) is 4.79 Å². The topological polar surface area (TPSA) is 67.4 Å². The lowest BCUT2D eigenvalue weighted by Crippen LogP contribution is -2.47. The van der Waals surface area contributed by atoms with Crippen LogP contribution in [0.25, 0.3) is 0 Å². The van der Waals surface area contributed by atoms with E-state index in [4.69, 9.17) is 4.52 Å². The monoisotopic (exact) mass is 343 g/mol. The lowest BCUT2D eigenvalue weighted by Gasteiger charge is -2.34. The molecule has 7 heteroatoms. The van der Waals surface area contributed by atoms with Gasteiger partial charge in [0, 0.05) is 56.8 Å². The summed E-state index contributed by atoms with van der Waals surface area (Å²) in [6.45, 7) is 8.46. The van der Waals surface area contributed by atoms with Gasteiger partial charge >= 0.3 is 0 Å². The van der Waals surface area contributed by atoms with Gasteiger partial charge in [-0.15, -0.1) is 0 Å². The quantitative estimate of drug-likeness (QED) is 0.786. The summed E-state index contributed by atoms with van der Waals surface area (Å²) < 4.78 is 7.00. The Hall–Kier alpha value is -1.99. The fourth-order valence-corrected chi connectivity index (χ4v) is 3.43. The second-order valence-electron chi connectivity index (χ2n) is 7.14. The number of rotatable bonds is 6. The van der Waals surface area contributed by atoms with E-state index in [-0.39, 0.29) is 5.56 Å². The maximum absolute atomic E-state index is 11.8. The van der Waals surface area contributed by atoms with Crippen molar-refractivity contribution in [2.75, 3.05) is 32.7 Å². The van der Waals surface area contributed by atoms with Crippen molar-refractivity contribution in [3.05, 3.63) is 45.7 Å². The van der Waals surface area contributed by atoms with E-state index in [1.54, 1.807) is 16.8 Å². The van der Waals surface area contributed by atoms with E-state index in [1.165, 1.54) is 18.4 Å². The van der Waals surface area contributed by atoms with E-state index >= 15 is 0 Å². The van der Waals surface area contributed by atoms with E-state index in [1.807, 2.05) is 13.1 Å². The average Bonchev–Trinajstić information content (AvgIpc) is 3.36. The predicted molar refractivity (Wildman–Crippen MR) is 93.4 cm³/mol. The van der Waals surface area contributed by atoms with Gasteiger partial charge in [0.15, 0.2) is 0 Å². The summed E-state index contributed by atoms with van der Waals surface area (Å²) in [6.07, 6.45) is 4.36. The third-order valence-corrected chi connectivity index (χ3v) is 5.11. The van der Waals surface area contributed by atoms with E-state index in [0.29, 0.717) is 12.5 Å². The molecule has 2 aromatic rings. The number of aryl methyl sites for hydroxylation is 1. The van der Waals surface area contributed by atoms with Crippen LogP contribution in [0.15, 0.2) is 27.6 Å². The molecular formula is C18H25N5O2. The van der Waals surface area contributed by atoms with E-state index in [0.717, 1.165) is 50.7 Å². The van der Waals surface area contributed by atoms with Crippen molar-refractivity contribution in [1.82, 2.24) is 24.7 Å². The van der Waals surface area contributed by atoms with Gasteiger partial charge in [-0.05, 0) is 25.8 Å². The highest BCUT2D eigenvalue weighted by molar-refractivity contribution is 5.21. The molecule has 1 aliphatic carbocycles. The Morgan fingerprint density at radius 2 is 1.88 bits per heavy atom. The first kappa shape index (κ1) is 16.5. The highest BCUT2D eigenvalue weighted by Crippen LogP contribution is 2.41. The molecule has 0 bridgehead atoms. The first-order chi connectivity index (χ1) is 12.2. The Morgan fingerprint density at radius 1 is 1.12 bits per heavy atom. The van der Waals surface area contributed by atoms with Gasteiger partial charge in [0.25, 0.3) is 5.56 Å². The van der Waals surface area contributed by atoms with Gasteiger partial charge in [-0.3, -0.25) is 14.6 Å². The second-order valence-corrected chi connectivity index (χ2v) is 7.14. The Balaban J connectivity index is 1.26. The summed E-state index contributed by atoms with van der Waals surface area (Å²) in [6, 6.07) is 3.36. The SMILES string of the molecule is Cc1ccc(=O)n(CCN2CCN(Cc3cnoc3C3CC3)CC2)n1. The Labute approximate surface area is 147 Å². The molecule has 0 amide bonds. The molecule has 3 heterocycles. The van der Waals surface area contributed by atoms with Crippen molar-refractivity contribution in [1.29, 1.82) is 0 Å². The minimum Gasteiger partial charge on any atom is -0.361 e. The van der Waals surface area contributed by atoms with Gasteiger partial charge in [-0.25, -0.2) is 4.68 Å². The molecule has 0 N–H and O–H groups in total. The highest BCUT2D eigenvalue weighted by Gasteiger charge is 2.31. The van der Waals surface area contributed by atoms with Gasteiger partial charge in [-0.1, -0.05) is 5.16 Å². The van der Waals surface area contributed by atoms with Gasteiger partial charge in [-0.2, -0.15) is 5.10 Å². The van der Waals surface area contributed by atoms with Crippen LogP contribution in [-0.2, 0) is 13.1 Å². The molecule has 0 unspecified atom stereocenters. The fraction of sp³-hybridized carbons (Fsp3) is 0.611. The van der Waals surface area contributed by atoms with Crippen LogP contribution in [0.3, 0.4) is 0 Å². The molecule has 4 rings (SSSR count). The summed E-state index contributed by atoms with van der Waals surface area (Å²) in [5.41, 5.74) is 2.11. The summed E-state index contributed by atoms with van der Waals surface area (Å²) in [5, 5.41) is 8.29. The number of piperazine rings is 1. The first-order valence-corrected chi connectivity index (χ1v) is 9.12. The van der Waals surface area contributed by atoms with Crippen LogP contribution in [-0.4, -0.2) is 57.5 Å². The van der Waals surface area contributed by atoms with Crippen molar-refractivity contribution in [3.8, 4) is 0 Å². The van der Waals surface area contributed by atoms with Crippen LogP contribution in [0.4, 0.5) is 0 Å². The summed E-state index contributed by atoms with van der Waals surface area (Å²) in [4.78, 5) is 16.7. The van der Waals surface area contributed by atoms with Crippen molar-refractivity contribution >= 4 is 0 Å². The molecular weight excluding hydrogens is 318 g/mol. The Morgan fingerprint density at radius 3 is 2.64 bits per heavy atom. The molecule has 0 aromatic carbocycles. The van der Waals surface area contributed by atoms with Crippen molar-refractivity contribution in [2.24, 2.45) is 0 Å². The molecule has 2 fully saturated rings. The first-order valence-electron chi connectivity index (χ1n) is 9.12. The van der Waals surface area contributed by atoms with Gasteiger partial charge in [0.1, 0.15) is 5.76 Å². The Bertz CT molecular complexity index is 772. The number of hydrogen-bond donors (Lipinski definition) is 0. The highest BCUT2D eigenvalue weighted by atomic mass is 16.5. The molecule has 2 aliphatic rings. The van der Waals surface area contributed by atoms with Crippen molar-refractivity contribution < 1.29 is 4.52 Å². The number of nitrogens with zero attached hydrogens (tertiary/aromatic N) is 5. The van der Waals surface area contributed by atoms with Crippen LogP contribution in [0, 0.1) is 6.92 Å². The van der Waals surface area contributed by atoms with Gasteiger partial charge in [0.2, 0.25) is 0 Å². The molecule has 25 heavy (non-hydrogen) atoms. The largest absolute Gasteiger partial charge is 0.361 e. The molecule has 1 saturated carbocycles. The molecule has 2 aromatic heterocycles. The summed E-state index contributed by atoms with van der Waals surface area (Å²) in [7, 11) is 0. The summed E-state index contributed by atoms with van der Waals surface area (Å²) in [5.74, 6) is 1.71. The molecule has 7 nitrogen and oxygen atoms in total. The van der Waals surface area contributed by atoms with Crippen molar-refractivity contribution in [2.45, 2.75) is 38.8 Å². The second kappa shape index (κ2) is 7.09. The lowest BCUT2D eigenvalue weighted by molar-refractivity contribution is 0.122. The molecule has 0 radical (unpaired) electrons. The summed E-state index contributed by atoms with van der Waals surface area (Å²) >= 11 is 0. The fourth-order valence-electron chi connectivity index (χ4n) is 3.43. The van der Waals surface area contributed by atoms with Crippen molar-refractivity contribution in [3.63, 3.8) is 0 Å². The van der Waals surface area contributed by atoms with Crippen LogP contribution in [0.1, 0.15) is 35.8 Å². The van der Waals surface area contributed by atoms with Crippen LogP contribution >= 0.6 is 0 Å². The van der Waals surface area contributed by atoms with Crippen LogP contribution in [0.2, 0.25) is 0 Å². The van der Waals surface area contributed by atoms with E-state index in [2.05, 4.69) is 20.1 Å². The third kappa shape index (κ3) is 3.99. The predicted octanol–water partition coefficient (Wildman–Crippen LogP) is 1.23. The van der Waals surface area contributed by atoms with E-state index < -0.39 is 0 Å². The third-order valence-electron chi connectivity index (χ3n) is 5.11. The number of aromatic nitrogens is 3. The average molecular weight is 343 g/mol. The molecule has 134 valence electrons. The maximum atomic E-state index is 11.8. The Kier molecular flexibility index (Phi) is 4.67. The molecule has 1 aliphatic heterocycles. The van der Waals surface area contributed by atoms with Gasteiger partial charge < -0.3 is 4.52 Å². The maximum Gasteiger partial charge on any atom is 0.266 e.